The minimum Gasteiger partial charge on any atom is -0.497 e. The molecule has 172 valence electrons. The predicted molar refractivity (Wildman–Crippen MR) is 131 cm³/mol. The third-order valence-electron chi connectivity index (χ3n) is 6.42. The Labute approximate surface area is 200 Å². The molecule has 0 bridgehead atoms. The molecule has 1 saturated carbocycles. The van der Waals surface area contributed by atoms with Gasteiger partial charge in [0.05, 0.1) is 30.0 Å². The summed E-state index contributed by atoms with van der Waals surface area (Å²) < 4.78 is 12.8. The molecule has 2 aliphatic rings. The van der Waals surface area contributed by atoms with Crippen LogP contribution in [-0.4, -0.2) is 48.5 Å². The molecular formula is C24H30Cl2N4O2. The summed E-state index contributed by atoms with van der Waals surface area (Å²) in [6, 6.07) is 5.80. The average Bonchev–Trinajstić information content (AvgIpc) is 3.36. The molecule has 0 radical (unpaired) electrons. The Hall–Kier alpha value is -2.02. The van der Waals surface area contributed by atoms with Crippen LogP contribution in [0.1, 0.15) is 36.2 Å². The zero-order valence-electron chi connectivity index (χ0n) is 18.9. The van der Waals surface area contributed by atoms with E-state index in [2.05, 4.69) is 9.42 Å². The van der Waals surface area contributed by atoms with Gasteiger partial charge in [-0.3, -0.25) is 0 Å². The lowest BCUT2D eigenvalue weighted by Crippen LogP contribution is -2.32. The number of nitrogens with zero attached hydrogens (tertiary/aromatic N) is 4. The summed E-state index contributed by atoms with van der Waals surface area (Å²) in [5, 5.41) is 5.64. The number of benzene rings is 1. The Morgan fingerprint density at radius 3 is 2.72 bits per heavy atom. The topological polar surface area (TPSA) is 51.9 Å². The number of halogens is 2. The van der Waals surface area contributed by atoms with Crippen molar-refractivity contribution in [1.82, 2.24) is 14.6 Å². The van der Waals surface area contributed by atoms with Crippen LogP contribution in [0.3, 0.4) is 0 Å². The van der Waals surface area contributed by atoms with Gasteiger partial charge in [0.25, 0.3) is 0 Å². The van der Waals surface area contributed by atoms with E-state index in [-0.39, 0.29) is 12.4 Å². The van der Waals surface area contributed by atoms with Gasteiger partial charge in [-0.2, -0.15) is 9.61 Å². The van der Waals surface area contributed by atoms with Crippen LogP contribution in [0, 0.1) is 12.8 Å². The van der Waals surface area contributed by atoms with Crippen LogP contribution < -0.4 is 9.64 Å². The van der Waals surface area contributed by atoms with Crippen LogP contribution in [0.2, 0.25) is 5.02 Å². The Kier molecular flexibility index (Phi) is 6.84. The van der Waals surface area contributed by atoms with E-state index in [1.807, 2.05) is 25.1 Å². The first-order valence-corrected chi connectivity index (χ1v) is 11.5. The van der Waals surface area contributed by atoms with Crippen molar-refractivity contribution in [3.63, 3.8) is 0 Å². The lowest BCUT2D eigenvalue weighted by Gasteiger charge is -2.27. The van der Waals surface area contributed by atoms with E-state index in [0.29, 0.717) is 11.6 Å². The van der Waals surface area contributed by atoms with E-state index < -0.39 is 0 Å². The summed E-state index contributed by atoms with van der Waals surface area (Å²) in [5.74, 6) is 2.71. The molecule has 0 unspecified atom stereocenters. The fourth-order valence-electron chi connectivity index (χ4n) is 4.68. The second kappa shape index (κ2) is 9.46. The van der Waals surface area contributed by atoms with Gasteiger partial charge in [-0.15, -0.1) is 12.4 Å². The standard InChI is InChI=1S/C24H29ClN4O2.ClH/c1-15-22(18-10-9-17(31-3)13-20(18)25)23-26-21-6-4-5-19(21)24(29(23)27-15)28(11-12-30-2)14-16-7-8-16;/h9-10,13,16H,4-8,11-12,14H2,1-3H3;1H. The summed E-state index contributed by atoms with van der Waals surface area (Å²) in [5.41, 5.74) is 6.31. The normalized spacial score (nSPS) is 15.0. The first kappa shape index (κ1) is 23.1. The highest BCUT2D eigenvalue weighted by Gasteiger charge is 2.31. The van der Waals surface area contributed by atoms with Gasteiger partial charge in [-0.05, 0) is 63.1 Å². The van der Waals surface area contributed by atoms with E-state index in [1.165, 1.54) is 29.9 Å². The maximum Gasteiger partial charge on any atom is 0.165 e. The zero-order valence-corrected chi connectivity index (χ0v) is 20.4. The summed E-state index contributed by atoms with van der Waals surface area (Å²) in [7, 11) is 3.42. The number of aryl methyl sites for hydroxylation is 2. The molecule has 0 atom stereocenters. The molecular weight excluding hydrogens is 447 g/mol. The quantitative estimate of drug-likeness (QED) is 0.450. The van der Waals surface area contributed by atoms with Crippen molar-refractivity contribution in [3.8, 4) is 16.9 Å². The lowest BCUT2D eigenvalue weighted by atomic mass is 10.1. The van der Waals surface area contributed by atoms with Gasteiger partial charge in [0.2, 0.25) is 0 Å². The van der Waals surface area contributed by atoms with Crippen LogP contribution in [0.25, 0.3) is 16.8 Å². The number of fused-ring (bicyclic) bond motifs is 2. The lowest BCUT2D eigenvalue weighted by molar-refractivity contribution is 0.204. The zero-order chi connectivity index (χ0) is 21.5. The van der Waals surface area contributed by atoms with Crippen LogP contribution >= 0.6 is 24.0 Å². The fourth-order valence-corrected chi connectivity index (χ4v) is 4.94. The van der Waals surface area contributed by atoms with E-state index >= 15 is 0 Å². The molecule has 0 aliphatic heterocycles. The second-order valence-corrected chi connectivity index (χ2v) is 9.05. The summed E-state index contributed by atoms with van der Waals surface area (Å²) >= 11 is 6.67. The van der Waals surface area contributed by atoms with Crippen molar-refractivity contribution in [1.29, 1.82) is 0 Å². The highest BCUT2D eigenvalue weighted by molar-refractivity contribution is 6.33. The van der Waals surface area contributed by atoms with Gasteiger partial charge in [0.15, 0.2) is 5.65 Å². The van der Waals surface area contributed by atoms with Crippen molar-refractivity contribution in [2.45, 2.75) is 39.0 Å². The second-order valence-electron chi connectivity index (χ2n) is 8.64. The Morgan fingerprint density at radius 2 is 2.03 bits per heavy atom. The van der Waals surface area contributed by atoms with E-state index in [0.717, 1.165) is 66.5 Å². The van der Waals surface area contributed by atoms with Gasteiger partial charge in [0.1, 0.15) is 11.6 Å². The minimum absolute atomic E-state index is 0. The number of ether oxygens (including phenoxy) is 2. The monoisotopic (exact) mass is 476 g/mol. The Bertz CT molecular complexity index is 1130. The predicted octanol–water partition coefficient (Wildman–Crippen LogP) is 5.14. The fraction of sp³-hybridized carbons (Fsp3) is 0.500. The Morgan fingerprint density at radius 1 is 1.22 bits per heavy atom. The van der Waals surface area contributed by atoms with Gasteiger partial charge in [0, 0.05) is 37.0 Å². The number of hydrogen-bond acceptors (Lipinski definition) is 5. The smallest absolute Gasteiger partial charge is 0.165 e. The number of methoxy groups -OCH3 is 2. The SMILES string of the molecule is COCCN(CC1CC1)c1c2c(nc3c(-c4ccc(OC)cc4Cl)c(C)nn13)CCC2.Cl. The largest absolute Gasteiger partial charge is 0.497 e. The van der Waals surface area contributed by atoms with E-state index in [4.69, 9.17) is 31.2 Å². The summed E-state index contributed by atoms with van der Waals surface area (Å²) in [6.45, 7) is 4.64. The molecule has 0 saturated heterocycles. The van der Waals surface area contributed by atoms with Crippen molar-refractivity contribution >= 4 is 35.5 Å². The summed E-state index contributed by atoms with van der Waals surface area (Å²) in [6.07, 6.45) is 5.83. The molecule has 2 heterocycles. The average molecular weight is 477 g/mol. The molecule has 32 heavy (non-hydrogen) atoms. The van der Waals surface area contributed by atoms with Gasteiger partial charge in [-0.25, -0.2) is 4.98 Å². The number of rotatable bonds is 8. The minimum atomic E-state index is 0. The van der Waals surface area contributed by atoms with Crippen LogP contribution in [0.4, 0.5) is 5.82 Å². The molecule has 2 aliphatic carbocycles. The van der Waals surface area contributed by atoms with Crippen LogP contribution in [0.15, 0.2) is 18.2 Å². The van der Waals surface area contributed by atoms with Crippen molar-refractivity contribution < 1.29 is 9.47 Å². The third kappa shape index (κ3) is 4.16. The van der Waals surface area contributed by atoms with Crippen LogP contribution in [0.5, 0.6) is 5.75 Å². The van der Waals surface area contributed by atoms with Gasteiger partial charge < -0.3 is 14.4 Å². The number of aromatic nitrogens is 3. The first-order valence-electron chi connectivity index (χ1n) is 11.1. The third-order valence-corrected chi connectivity index (χ3v) is 6.73. The first-order chi connectivity index (χ1) is 15.1. The molecule has 0 N–H and O–H groups in total. The van der Waals surface area contributed by atoms with Gasteiger partial charge in [-0.1, -0.05) is 11.6 Å². The van der Waals surface area contributed by atoms with Crippen molar-refractivity contribution in [3.05, 3.63) is 40.2 Å². The molecule has 1 aromatic carbocycles. The van der Waals surface area contributed by atoms with E-state index in [1.54, 1.807) is 14.2 Å². The Balaban J connectivity index is 0.00000245. The number of anilines is 1. The highest BCUT2D eigenvalue weighted by atomic mass is 35.5. The van der Waals surface area contributed by atoms with Crippen molar-refractivity contribution in [2.75, 3.05) is 38.8 Å². The van der Waals surface area contributed by atoms with Gasteiger partial charge >= 0.3 is 0 Å². The molecule has 0 amide bonds. The number of hydrogen-bond donors (Lipinski definition) is 0. The summed E-state index contributed by atoms with van der Waals surface area (Å²) in [4.78, 5) is 7.59. The van der Waals surface area contributed by atoms with Crippen molar-refractivity contribution in [2.24, 2.45) is 5.92 Å². The molecule has 2 aromatic heterocycles. The maximum atomic E-state index is 6.67. The van der Waals surface area contributed by atoms with E-state index in [9.17, 15) is 0 Å². The molecule has 0 spiro atoms. The molecule has 6 nitrogen and oxygen atoms in total. The van der Waals surface area contributed by atoms with Crippen LogP contribution in [-0.2, 0) is 17.6 Å². The molecule has 1 fully saturated rings. The molecule has 5 rings (SSSR count). The molecule has 3 aromatic rings. The highest BCUT2D eigenvalue weighted by Crippen LogP contribution is 2.40. The maximum absolute atomic E-state index is 6.67. The molecule has 8 heteroatoms.